The van der Waals surface area contributed by atoms with Gasteiger partial charge in [0.05, 0.1) is 12.4 Å². The Morgan fingerprint density at radius 2 is 2.05 bits per heavy atom. The average molecular weight is 285 g/mol. The fraction of sp³-hybridized carbons (Fsp3) is 0.583. The first-order valence-corrected chi connectivity index (χ1v) is 6.65. The van der Waals surface area contributed by atoms with Crippen LogP contribution in [-0.2, 0) is 6.54 Å². The molecule has 4 rings (SSSR count). The van der Waals surface area contributed by atoms with Crippen molar-refractivity contribution in [1.29, 1.82) is 0 Å². The summed E-state index contributed by atoms with van der Waals surface area (Å²) in [5.41, 5.74) is 1.30. The Kier molecular flexibility index (Phi) is 2.20. The molecule has 4 nitrogen and oxygen atoms in total. The fourth-order valence-electron chi connectivity index (χ4n) is 3.27. The first kappa shape index (κ1) is 11.5. The van der Waals surface area contributed by atoms with Gasteiger partial charge in [-0.15, -0.1) is 0 Å². The molecule has 0 saturated heterocycles. The Hall–Kier alpha value is -1.30. The molecule has 0 N–H and O–H groups in total. The van der Waals surface area contributed by atoms with Gasteiger partial charge in [0.2, 0.25) is 0 Å². The number of halogens is 3. The SMILES string of the molecule is FC1(F)C2CC(Cn3ncc4ncc(Cl)nc43)CC21. The van der Waals surface area contributed by atoms with E-state index in [0.29, 0.717) is 35.7 Å². The van der Waals surface area contributed by atoms with Gasteiger partial charge in [0, 0.05) is 18.4 Å². The molecule has 0 amide bonds. The summed E-state index contributed by atoms with van der Waals surface area (Å²) in [6, 6.07) is 0. The number of hydrogen-bond acceptors (Lipinski definition) is 3. The van der Waals surface area contributed by atoms with Gasteiger partial charge in [-0.25, -0.2) is 23.4 Å². The monoisotopic (exact) mass is 284 g/mol. The summed E-state index contributed by atoms with van der Waals surface area (Å²) in [4.78, 5) is 8.32. The number of aromatic nitrogens is 4. The van der Waals surface area contributed by atoms with Gasteiger partial charge in [-0.1, -0.05) is 11.6 Å². The number of alkyl halides is 2. The predicted molar refractivity (Wildman–Crippen MR) is 65.0 cm³/mol. The molecule has 100 valence electrons. The van der Waals surface area contributed by atoms with Gasteiger partial charge in [-0.2, -0.15) is 5.10 Å². The van der Waals surface area contributed by atoms with Crippen molar-refractivity contribution >= 4 is 22.8 Å². The van der Waals surface area contributed by atoms with Crippen LogP contribution in [0.2, 0.25) is 5.15 Å². The molecule has 2 fully saturated rings. The van der Waals surface area contributed by atoms with Crippen LogP contribution < -0.4 is 0 Å². The fourth-order valence-corrected chi connectivity index (χ4v) is 3.40. The molecule has 2 aromatic rings. The van der Waals surface area contributed by atoms with Crippen molar-refractivity contribution in [2.45, 2.75) is 25.3 Å². The summed E-state index contributed by atoms with van der Waals surface area (Å²) in [6.07, 6.45) is 4.25. The highest BCUT2D eigenvalue weighted by molar-refractivity contribution is 6.29. The summed E-state index contributed by atoms with van der Waals surface area (Å²) in [5.74, 6) is -2.98. The first-order valence-electron chi connectivity index (χ1n) is 6.27. The standard InChI is InChI=1S/C12H11ClF2N4/c13-10-4-16-9-3-17-19(11(9)18-10)5-6-1-7-8(2-6)12(7,14)15/h3-4,6-8H,1-2,5H2. The molecule has 0 spiro atoms. The number of hydrogen-bond donors (Lipinski definition) is 0. The van der Waals surface area contributed by atoms with E-state index in [2.05, 4.69) is 15.1 Å². The third-order valence-corrected chi connectivity index (χ3v) is 4.47. The van der Waals surface area contributed by atoms with Crippen LogP contribution in [0.25, 0.3) is 11.2 Å². The summed E-state index contributed by atoms with van der Waals surface area (Å²) in [7, 11) is 0. The van der Waals surface area contributed by atoms with Crippen molar-refractivity contribution in [1.82, 2.24) is 19.7 Å². The van der Waals surface area contributed by atoms with Crippen LogP contribution >= 0.6 is 11.6 Å². The van der Waals surface area contributed by atoms with Crippen LogP contribution in [-0.4, -0.2) is 25.7 Å². The van der Waals surface area contributed by atoms with Crippen LogP contribution in [0.1, 0.15) is 12.8 Å². The van der Waals surface area contributed by atoms with Gasteiger partial charge in [-0.3, -0.25) is 0 Å². The van der Waals surface area contributed by atoms with E-state index in [9.17, 15) is 8.78 Å². The molecule has 0 aromatic carbocycles. The second-order valence-corrected chi connectivity index (χ2v) is 5.84. The summed E-state index contributed by atoms with van der Waals surface area (Å²) in [6.45, 7) is 0.613. The van der Waals surface area contributed by atoms with E-state index in [4.69, 9.17) is 11.6 Å². The minimum absolute atomic E-state index is 0.249. The number of rotatable bonds is 2. The summed E-state index contributed by atoms with van der Waals surface area (Å²) >= 11 is 5.82. The highest BCUT2D eigenvalue weighted by atomic mass is 35.5. The van der Waals surface area contributed by atoms with Crippen LogP contribution in [0, 0.1) is 17.8 Å². The zero-order valence-electron chi connectivity index (χ0n) is 9.93. The first-order chi connectivity index (χ1) is 9.05. The van der Waals surface area contributed by atoms with Crippen molar-refractivity contribution in [2.75, 3.05) is 0 Å². The van der Waals surface area contributed by atoms with Gasteiger partial charge >= 0.3 is 0 Å². The largest absolute Gasteiger partial charge is 0.254 e. The molecule has 2 aliphatic rings. The Morgan fingerprint density at radius 1 is 1.32 bits per heavy atom. The molecule has 2 heterocycles. The molecule has 0 bridgehead atoms. The molecule has 0 aliphatic heterocycles. The van der Waals surface area contributed by atoms with Crippen LogP contribution in [0.3, 0.4) is 0 Å². The van der Waals surface area contributed by atoms with Crippen LogP contribution in [0.4, 0.5) is 8.78 Å². The Labute approximate surface area is 112 Å². The Balaban J connectivity index is 1.55. The van der Waals surface area contributed by atoms with E-state index in [1.807, 2.05) is 0 Å². The molecule has 0 radical (unpaired) electrons. The van der Waals surface area contributed by atoms with E-state index in [1.54, 1.807) is 10.9 Å². The Bertz CT molecular complexity index is 642. The summed E-state index contributed by atoms with van der Waals surface area (Å²) in [5, 5.41) is 4.54. The molecular formula is C12H11ClF2N4. The molecule has 19 heavy (non-hydrogen) atoms. The zero-order valence-corrected chi connectivity index (χ0v) is 10.7. The van der Waals surface area contributed by atoms with Crippen molar-refractivity contribution in [3.63, 3.8) is 0 Å². The van der Waals surface area contributed by atoms with Crippen molar-refractivity contribution < 1.29 is 8.78 Å². The smallest absolute Gasteiger partial charge is 0.248 e. The number of fused-ring (bicyclic) bond motifs is 2. The maximum Gasteiger partial charge on any atom is 0.254 e. The van der Waals surface area contributed by atoms with Gasteiger partial charge in [0.25, 0.3) is 5.92 Å². The molecule has 7 heteroatoms. The molecule has 2 aromatic heterocycles. The van der Waals surface area contributed by atoms with Crippen molar-refractivity contribution in [3.05, 3.63) is 17.5 Å². The number of nitrogens with zero attached hydrogens (tertiary/aromatic N) is 4. The van der Waals surface area contributed by atoms with Gasteiger partial charge in [0.15, 0.2) is 5.65 Å². The topological polar surface area (TPSA) is 43.6 Å². The molecule has 2 unspecified atom stereocenters. The molecule has 2 saturated carbocycles. The van der Waals surface area contributed by atoms with Crippen molar-refractivity contribution in [2.24, 2.45) is 17.8 Å². The Morgan fingerprint density at radius 3 is 2.79 bits per heavy atom. The van der Waals surface area contributed by atoms with E-state index in [1.165, 1.54) is 6.20 Å². The second-order valence-electron chi connectivity index (χ2n) is 5.45. The van der Waals surface area contributed by atoms with Gasteiger partial charge in [-0.05, 0) is 18.8 Å². The molecule has 2 atom stereocenters. The maximum absolute atomic E-state index is 13.1. The lowest BCUT2D eigenvalue weighted by molar-refractivity contribution is 0.0618. The molecule has 2 aliphatic carbocycles. The maximum atomic E-state index is 13.1. The summed E-state index contributed by atoms with van der Waals surface area (Å²) < 4.78 is 28.0. The highest BCUT2D eigenvalue weighted by Gasteiger charge is 2.71. The van der Waals surface area contributed by atoms with E-state index >= 15 is 0 Å². The lowest BCUT2D eigenvalue weighted by atomic mass is 10.0. The third-order valence-electron chi connectivity index (χ3n) is 4.29. The lowest BCUT2D eigenvalue weighted by Gasteiger charge is -2.14. The lowest BCUT2D eigenvalue weighted by Crippen LogP contribution is -2.15. The van der Waals surface area contributed by atoms with E-state index in [-0.39, 0.29) is 5.92 Å². The highest BCUT2D eigenvalue weighted by Crippen LogP contribution is 2.65. The minimum atomic E-state index is -2.41. The van der Waals surface area contributed by atoms with Gasteiger partial charge < -0.3 is 0 Å². The second kappa shape index (κ2) is 3.62. The zero-order chi connectivity index (χ0) is 13.2. The minimum Gasteiger partial charge on any atom is -0.248 e. The normalized spacial score (nSPS) is 31.6. The van der Waals surface area contributed by atoms with E-state index < -0.39 is 17.8 Å². The molecular weight excluding hydrogens is 274 g/mol. The predicted octanol–water partition coefficient (Wildman–Crippen LogP) is 2.77. The van der Waals surface area contributed by atoms with Crippen LogP contribution in [0.5, 0.6) is 0 Å². The average Bonchev–Trinajstić information content (AvgIpc) is 2.81. The van der Waals surface area contributed by atoms with Crippen LogP contribution in [0.15, 0.2) is 12.4 Å². The van der Waals surface area contributed by atoms with Gasteiger partial charge in [0.1, 0.15) is 10.7 Å². The van der Waals surface area contributed by atoms with E-state index in [0.717, 1.165) is 0 Å². The third kappa shape index (κ3) is 1.65. The quantitative estimate of drug-likeness (QED) is 0.852. The van der Waals surface area contributed by atoms with Crippen molar-refractivity contribution in [3.8, 4) is 0 Å².